The standard InChI is InChI=1S/C16H22N4O2/c1-16(2,3)22-15(21)20-10-12-5-4-6-13(9-12)19-11-14-17-7-8-18-14/h4-9,19H,10-11H2,1-3H3,(H,17,18)(H,20,21). The van der Waals surface area contributed by atoms with Crippen molar-refractivity contribution in [3.05, 3.63) is 48.0 Å². The number of carbonyl (C=O) groups excluding carboxylic acids is 1. The van der Waals surface area contributed by atoms with Gasteiger partial charge in [0.05, 0.1) is 6.54 Å². The predicted octanol–water partition coefficient (Wildman–Crippen LogP) is 3.05. The molecule has 3 N–H and O–H groups in total. The van der Waals surface area contributed by atoms with E-state index in [9.17, 15) is 4.79 Å². The van der Waals surface area contributed by atoms with Crippen molar-refractivity contribution in [3.8, 4) is 0 Å². The van der Waals surface area contributed by atoms with Gasteiger partial charge in [-0.3, -0.25) is 0 Å². The van der Waals surface area contributed by atoms with Crippen molar-refractivity contribution < 1.29 is 9.53 Å². The van der Waals surface area contributed by atoms with Crippen LogP contribution >= 0.6 is 0 Å². The highest BCUT2D eigenvalue weighted by atomic mass is 16.6. The summed E-state index contributed by atoms with van der Waals surface area (Å²) in [7, 11) is 0. The van der Waals surface area contributed by atoms with Crippen LogP contribution in [0.15, 0.2) is 36.7 Å². The van der Waals surface area contributed by atoms with Crippen LogP contribution in [0, 0.1) is 0 Å². The largest absolute Gasteiger partial charge is 0.444 e. The van der Waals surface area contributed by atoms with Crippen LogP contribution < -0.4 is 10.6 Å². The average molecular weight is 302 g/mol. The number of rotatable bonds is 5. The van der Waals surface area contributed by atoms with Gasteiger partial charge in [-0.2, -0.15) is 0 Å². The Morgan fingerprint density at radius 1 is 1.32 bits per heavy atom. The number of nitrogens with one attached hydrogen (secondary N) is 3. The first-order valence-electron chi connectivity index (χ1n) is 7.20. The van der Waals surface area contributed by atoms with E-state index < -0.39 is 11.7 Å². The molecule has 6 heteroatoms. The summed E-state index contributed by atoms with van der Waals surface area (Å²) < 4.78 is 5.21. The van der Waals surface area contributed by atoms with Gasteiger partial charge in [0.1, 0.15) is 11.4 Å². The van der Waals surface area contributed by atoms with Crippen LogP contribution in [-0.4, -0.2) is 21.7 Å². The Balaban J connectivity index is 1.84. The monoisotopic (exact) mass is 302 g/mol. The Morgan fingerprint density at radius 2 is 2.14 bits per heavy atom. The maximum atomic E-state index is 11.6. The lowest BCUT2D eigenvalue weighted by Gasteiger charge is -2.19. The first-order valence-corrected chi connectivity index (χ1v) is 7.20. The Hall–Kier alpha value is -2.50. The lowest BCUT2D eigenvalue weighted by molar-refractivity contribution is 0.0523. The third kappa shape index (κ3) is 5.47. The van der Waals surface area contributed by atoms with Crippen molar-refractivity contribution in [2.24, 2.45) is 0 Å². The third-order valence-corrected chi connectivity index (χ3v) is 2.78. The molecule has 6 nitrogen and oxygen atoms in total. The molecule has 0 saturated heterocycles. The number of carbonyl (C=O) groups is 1. The van der Waals surface area contributed by atoms with Crippen LogP contribution in [0.5, 0.6) is 0 Å². The molecule has 0 aliphatic carbocycles. The minimum absolute atomic E-state index is 0.415. The summed E-state index contributed by atoms with van der Waals surface area (Å²) in [5, 5.41) is 6.02. The summed E-state index contributed by atoms with van der Waals surface area (Å²) in [5.41, 5.74) is 1.48. The Bertz CT molecular complexity index is 603. The van der Waals surface area contributed by atoms with Gasteiger partial charge in [-0.15, -0.1) is 0 Å². The molecule has 22 heavy (non-hydrogen) atoms. The SMILES string of the molecule is CC(C)(C)OC(=O)NCc1cccc(NCc2ncc[nH]2)c1. The fraction of sp³-hybridized carbons (Fsp3) is 0.375. The van der Waals surface area contributed by atoms with Gasteiger partial charge in [0.2, 0.25) is 0 Å². The molecule has 1 amide bonds. The van der Waals surface area contributed by atoms with E-state index in [-0.39, 0.29) is 0 Å². The molecule has 0 radical (unpaired) electrons. The van der Waals surface area contributed by atoms with Crippen LogP contribution in [0.3, 0.4) is 0 Å². The molecule has 1 heterocycles. The fourth-order valence-corrected chi connectivity index (χ4v) is 1.86. The summed E-state index contributed by atoms with van der Waals surface area (Å²) in [4.78, 5) is 18.8. The number of H-pyrrole nitrogens is 1. The number of nitrogens with zero attached hydrogens (tertiary/aromatic N) is 1. The maximum absolute atomic E-state index is 11.6. The third-order valence-electron chi connectivity index (χ3n) is 2.78. The van der Waals surface area contributed by atoms with E-state index in [0.29, 0.717) is 13.1 Å². The normalized spacial score (nSPS) is 11.0. The molecule has 0 bridgehead atoms. The van der Waals surface area contributed by atoms with Crippen molar-refractivity contribution in [3.63, 3.8) is 0 Å². The topological polar surface area (TPSA) is 79.0 Å². The van der Waals surface area contributed by atoms with E-state index in [1.54, 1.807) is 12.4 Å². The second-order valence-electron chi connectivity index (χ2n) is 5.95. The van der Waals surface area contributed by atoms with Gasteiger partial charge in [-0.1, -0.05) is 12.1 Å². The molecule has 0 saturated carbocycles. The minimum Gasteiger partial charge on any atom is -0.444 e. The predicted molar refractivity (Wildman–Crippen MR) is 85.4 cm³/mol. The molecular weight excluding hydrogens is 280 g/mol. The molecule has 2 aromatic rings. The van der Waals surface area contributed by atoms with Crippen molar-refractivity contribution >= 4 is 11.8 Å². The van der Waals surface area contributed by atoms with Gasteiger partial charge >= 0.3 is 6.09 Å². The number of aromatic amines is 1. The van der Waals surface area contributed by atoms with Crippen LogP contribution in [0.1, 0.15) is 32.2 Å². The first-order chi connectivity index (χ1) is 10.4. The van der Waals surface area contributed by atoms with Gasteiger partial charge in [-0.25, -0.2) is 9.78 Å². The van der Waals surface area contributed by atoms with Crippen molar-refractivity contribution in [2.45, 2.75) is 39.5 Å². The molecule has 0 spiro atoms. The number of imidazole rings is 1. The number of hydrogen-bond donors (Lipinski definition) is 3. The zero-order chi connectivity index (χ0) is 16.0. The zero-order valence-electron chi connectivity index (χ0n) is 13.1. The number of alkyl carbamates (subject to hydrolysis) is 1. The highest BCUT2D eigenvalue weighted by molar-refractivity contribution is 5.67. The summed E-state index contributed by atoms with van der Waals surface area (Å²) in [6.07, 6.45) is 3.09. The van der Waals surface area contributed by atoms with E-state index in [4.69, 9.17) is 4.74 Å². The van der Waals surface area contributed by atoms with Crippen LogP contribution in [-0.2, 0) is 17.8 Å². The van der Waals surface area contributed by atoms with Crippen molar-refractivity contribution in [2.75, 3.05) is 5.32 Å². The Labute approximate surface area is 130 Å². The van der Waals surface area contributed by atoms with Gasteiger partial charge < -0.3 is 20.4 Å². The number of hydrogen-bond acceptors (Lipinski definition) is 4. The number of anilines is 1. The lowest BCUT2D eigenvalue weighted by Crippen LogP contribution is -2.32. The van der Waals surface area contributed by atoms with E-state index in [0.717, 1.165) is 17.1 Å². The first kappa shape index (κ1) is 15.9. The second kappa shape index (κ2) is 6.98. The fourth-order valence-electron chi connectivity index (χ4n) is 1.86. The molecule has 1 aromatic heterocycles. The Kier molecular flexibility index (Phi) is 5.04. The van der Waals surface area contributed by atoms with Gasteiger partial charge in [0.25, 0.3) is 0 Å². The van der Waals surface area contributed by atoms with Crippen molar-refractivity contribution in [1.82, 2.24) is 15.3 Å². The smallest absolute Gasteiger partial charge is 0.407 e. The molecule has 0 atom stereocenters. The molecule has 0 fully saturated rings. The van der Waals surface area contributed by atoms with Crippen molar-refractivity contribution in [1.29, 1.82) is 0 Å². The number of benzene rings is 1. The summed E-state index contributed by atoms with van der Waals surface area (Å²) >= 11 is 0. The van der Waals surface area contributed by atoms with Crippen LogP contribution in [0.2, 0.25) is 0 Å². The highest BCUT2D eigenvalue weighted by Gasteiger charge is 2.15. The molecule has 0 aliphatic rings. The van der Waals surface area contributed by atoms with Crippen LogP contribution in [0.4, 0.5) is 10.5 Å². The highest BCUT2D eigenvalue weighted by Crippen LogP contribution is 2.12. The minimum atomic E-state index is -0.490. The van der Waals surface area contributed by atoms with E-state index >= 15 is 0 Å². The quantitative estimate of drug-likeness (QED) is 0.793. The lowest BCUT2D eigenvalue weighted by atomic mass is 10.2. The molecule has 2 rings (SSSR count). The number of amides is 1. The number of aromatic nitrogens is 2. The van der Waals surface area contributed by atoms with Gasteiger partial charge in [0, 0.05) is 24.6 Å². The molecule has 1 aromatic carbocycles. The van der Waals surface area contributed by atoms with E-state index in [1.807, 2.05) is 45.0 Å². The molecule has 118 valence electrons. The second-order valence-corrected chi connectivity index (χ2v) is 5.95. The van der Waals surface area contributed by atoms with Gasteiger partial charge in [0.15, 0.2) is 0 Å². The summed E-state index contributed by atoms with van der Waals surface area (Å²) in [5.74, 6) is 0.872. The molecule has 0 aliphatic heterocycles. The van der Waals surface area contributed by atoms with Crippen LogP contribution in [0.25, 0.3) is 0 Å². The average Bonchev–Trinajstić information content (AvgIpc) is 2.95. The summed E-state index contributed by atoms with van der Waals surface area (Å²) in [6, 6.07) is 7.85. The Morgan fingerprint density at radius 3 is 2.82 bits per heavy atom. The van der Waals surface area contributed by atoms with E-state index in [1.165, 1.54) is 0 Å². The maximum Gasteiger partial charge on any atom is 0.407 e. The number of ether oxygens (including phenoxy) is 1. The molecular formula is C16H22N4O2. The molecule has 0 unspecified atom stereocenters. The van der Waals surface area contributed by atoms with E-state index in [2.05, 4.69) is 20.6 Å². The van der Waals surface area contributed by atoms with Gasteiger partial charge in [-0.05, 0) is 38.5 Å². The zero-order valence-corrected chi connectivity index (χ0v) is 13.1. The summed E-state index contributed by atoms with van der Waals surface area (Å²) in [6.45, 7) is 6.56.